The fraction of sp³-hybridized carbons (Fsp3) is 0.643. The molecule has 0 aliphatic heterocycles. The Bertz CT molecular complexity index is 394. The summed E-state index contributed by atoms with van der Waals surface area (Å²) in [5.41, 5.74) is 6.40. The maximum Gasteiger partial charge on any atom is 0.239 e. The molecule has 5 heteroatoms. The van der Waals surface area contributed by atoms with E-state index in [1.165, 1.54) is 0 Å². The third-order valence-electron chi connectivity index (χ3n) is 2.72. The van der Waals surface area contributed by atoms with Gasteiger partial charge in [0.05, 0.1) is 24.4 Å². The fourth-order valence-electron chi connectivity index (χ4n) is 1.62. The van der Waals surface area contributed by atoms with E-state index in [1.54, 1.807) is 13.2 Å². The van der Waals surface area contributed by atoms with Gasteiger partial charge >= 0.3 is 0 Å². The van der Waals surface area contributed by atoms with Gasteiger partial charge in [-0.25, -0.2) is 0 Å². The van der Waals surface area contributed by atoms with Crippen LogP contribution in [0, 0.1) is 5.92 Å². The number of nitrogens with two attached hydrogens (primary N) is 1. The van der Waals surface area contributed by atoms with Crippen molar-refractivity contribution in [3.63, 3.8) is 0 Å². The topological polar surface area (TPSA) is 69.4 Å². The first-order chi connectivity index (χ1) is 8.93. The van der Waals surface area contributed by atoms with Crippen LogP contribution in [0.25, 0.3) is 0 Å². The van der Waals surface area contributed by atoms with E-state index in [-0.39, 0.29) is 12.1 Å². The second-order valence-electron chi connectivity index (χ2n) is 5.21. The lowest BCUT2D eigenvalue weighted by molar-refractivity contribution is 0.171. The number of hydrogen-bond acceptors (Lipinski definition) is 5. The number of nitrogens with one attached hydrogen (secondary N) is 1. The second kappa shape index (κ2) is 7.19. The summed E-state index contributed by atoms with van der Waals surface area (Å²) in [6, 6.07) is 3.86. The zero-order valence-electron chi connectivity index (χ0n) is 12.4. The molecular formula is C14H25N3O2. The number of rotatable bonds is 7. The Morgan fingerprint density at radius 1 is 1.26 bits per heavy atom. The summed E-state index contributed by atoms with van der Waals surface area (Å²) < 4.78 is 10.8. The lowest BCUT2D eigenvalue weighted by atomic mass is 10.1. The summed E-state index contributed by atoms with van der Waals surface area (Å²) >= 11 is 0. The number of nitrogens with zero attached hydrogens (tertiary/aromatic N) is 1. The van der Waals surface area contributed by atoms with Gasteiger partial charge in [0.15, 0.2) is 0 Å². The highest BCUT2D eigenvalue weighted by Crippen LogP contribution is 2.23. The van der Waals surface area contributed by atoms with Gasteiger partial charge in [-0.3, -0.25) is 0 Å². The van der Waals surface area contributed by atoms with E-state index in [2.05, 4.69) is 24.1 Å². The first-order valence-corrected chi connectivity index (χ1v) is 6.62. The van der Waals surface area contributed by atoms with Gasteiger partial charge in [0.1, 0.15) is 5.82 Å². The largest absolute Gasteiger partial charge is 0.473 e. The van der Waals surface area contributed by atoms with Crippen LogP contribution < -0.4 is 15.8 Å². The van der Waals surface area contributed by atoms with Gasteiger partial charge < -0.3 is 20.5 Å². The zero-order chi connectivity index (χ0) is 14.4. The molecule has 5 nitrogen and oxygen atoms in total. The van der Waals surface area contributed by atoms with Crippen molar-refractivity contribution in [3.05, 3.63) is 12.1 Å². The molecule has 0 amide bonds. The summed E-state index contributed by atoms with van der Waals surface area (Å²) in [6.07, 6.45) is 0.0462. The van der Waals surface area contributed by atoms with E-state index in [9.17, 15) is 0 Å². The van der Waals surface area contributed by atoms with E-state index >= 15 is 0 Å². The third kappa shape index (κ3) is 4.95. The molecule has 1 heterocycles. The van der Waals surface area contributed by atoms with Crippen molar-refractivity contribution in [1.29, 1.82) is 0 Å². The zero-order valence-corrected chi connectivity index (χ0v) is 12.4. The molecule has 1 atom stereocenters. The lowest BCUT2D eigenvalue weighted by Gasteiger charge is -2.22. The number of pyridine rings is 1. The van der Waals surface area contributed by atoms with Crippen molar-refractivity contribution in [2.24, 2.45) is 5.92 Å². The molecule has 0 bridgehead atoms. The molecule has 19 heavy (non-hydrogen) atoms. The van der Waals surface area contributed by atoms with Crippen LogP contribution in [0.2, 0.25) is 0 Å². The molecule has 3 N–H and O–H groups in total. The SMILES string of the molecule is COCC(Nc1ccc(N)c(OC(C)C)n1)C(C)C. The highest BCUT2D eigenvalue weighted by Gasteiger charge is 2.14. The van der Waals surface area contributed by atoms with Gasteiger partial charge in [-0.05, 0) is 31.9 Å². The van der Waals surface area contributed by atoms with Crippen molar-refractivity contribution in [2.75, 3.05) is 24.8 Å². The van der Waals surface area contributed by atoms with Crippen LogP contribution in [0.15, 0.2) is 12.1 Å². The fourth-order valence-corrected chi connectivity index (χ4v) is 1.62. The van der Waals surface area contributed by atoms with E-state index in [0.717, 1.165) is 5.82 Å². The standard InChI is InChI=1S/C14H25N3O2/c1-9(2)12(8-18-5)16-13-7-6-11(15)14(17-13)19-10(3)4/h6-7,9-10,12H,8,15H2,1-5H3,(H,16,17). The maximum atomic E-state index is 5.85. The van der Waals surface area contributed by atoms with Crippen LogP contribution in [0.5, 0.6) is 5.88 Å². The molecule has 0 aromatic carbocycles. The van der Waals surface area contributed by atoms with Crippen molar-refractivity contribution in [3.8, 4) is 5.88 Å². The van der Waals surface area contributed by atoms with Crippen LogP contribution in [0.3, 0.4) is 0 Å². The molecular weight excluding hydrogens is 242 g/mol. The molecule has 0 saturated heterocycles. The Kier molecular flexibility index (Phi) is 5.89. The number of anilines is 2. The van der Waals surface area contributed by atoms with E-state index in [1.807, 2.05) is 19.9 Å². The smallest absolute Gasteiger partial charge is 0.239 e. The summed E-state index contributed by atoms with van der Waals surface area (Å²) in [6.45, 7) is 8.80. The minimum absolute atomic E-state index is 0.0462. The Balaban J connectivity index is 2.83. The Hall–Kier alpha value is -1.49. The van der Waals surface area contributed by atoms with Crippen LogP contribution in [-0.4, -0.2) is 30.8 Å². The second-order valence-corrected chi connectivity index (χ2v) is 5.21. The molecule has 1 aromatic heterocycles. The van der Waals surface area contributed by atoms with Gasteiger partial charge in [-0.15, -0.1) is 0 Å². The van der Waals surface area contributed by atoms with Crippen molar-refractivity contribution in [2.45, 2.75) is 39.8 Å². The summed E-state index contributed by atoms with van der Waals surface area (Å²) in [4.78, 5) is 4.40. The predicted octanol–water partition coefficient (Wildman–Crippen LogP) is 2.53. The molecule has 0 spiro atoms. The third-order valence-corrected chi connectivity index (χ3v) is 2.72. The molecule has 0 aliphatic carbocycles. The molecule has 0 aliphatic rings. The summed E-state index contributed by atoms with van der Waals surface area (Å²) in [5, 5.41) is 3.35. The molecule has 0 fully saturated rings. The highest BCUT2D eigenvalue weighted by molar-refractivity contribution is 5.54. The number of ether oxygens (including phenoxy) is 2. The minimum Gasteiger partial charge on any atom is -0.473 e. The molecule has 1 rings (SSSR count). The molecule has 108 valence electrons. The average Bonchev–Trinajstić information content (AvgIpc) is 2.32. The van der Waals surface area contributed by atoms with E-state index in [4.69, 9.17) is 15.2 Å². The van der Waals surface area contributed by atoms with Gasteiger partial charge in [-0.1, -0.05) is 13.8 Å². The molecule has 0 saturated carbocycles. The molecule has 0 radical (unpaired) electrons. The highest BCUT2D eigenvalue weighted by atomic mass is 16.5. The Labute approximate surface area is 115 Å². The number of hydrogen-bond donors (Lipinski definition) is 2. The van der Waals surface area contributed by atoms with E-state index in [0.29, 0.717) is 24.1 Å². The maximum absolute atomic E-state index is 5.85. The summed E-state index contributed by atoms with van der Waals surface area (Å²) in [5.74, 6) is 1.66. The molecule has 1 unspecified atom stereocenters. The monoisotopic (exact) mass is 267 g/mol. The normalized spacial score (nSPS) is 12.8. The minimum atomic E-state index is 0.0462. The first kappa shape index (κ1) is 15.6. The Morgan fingerprint density at radius 3 is 2.47 bits per heavy atom. The van der Waals surface area contributed by atoms with Crippen LogP contribution in [-0.2, 0) is 4.74 Å². The van der Waals surface area contributed by atoms with Gasteiger partial charge in [0.2, 0.25) is 5.88 Å². The first-order valence-electron chi connectivity index (χ1n) is 6.62. The Morgan fingerprint density at radius 2 is 1.95 bits per heavy atom. The van der Waals surface area contributed by atoms with Gasteiger partial charge in [-0.2, -0.15) is 4.98 Å². The van der Waals surface area contributed by atoms with Crippen molar-refractivity contribution in [1.82, 2.24) is 4.98 Å². The van der Waals surface area contributed by atoms with Crippen LogP contribution in [0.1, 0.15) is 27.7 Å². The van der Waals surface area contributed by atoms with E-state index < -0.39 is 0 Å². The van der Waals surface area contributed by atoms with Crippen LogP contribution >= 0.6 is 0 Å². The quantitative estimate of drug-likeness (QED) is 0.794. The molecule has 1 aromatic rings. The van der Waals surface area contributed by atoms with Gasteiger partial charge in [0, 0.05) is 7.11 Å². The van der Waals surface area contributed by atoms with Crippen molar-refractivity contribution < 1.29 is 9.47 Å². The van der Waals surface area contributed by atoms with Crippen molar-refractivity contribution >= 4 is 11.5 Å². The predicted molar refractivity (Wildman–Crippen MR) is 78.5 cm³/mol. The van der Waals surface area contributed by atoms with Crippen LogP contribution in [0.4, 0.5) is 11.5 Å². The number of nitrogen functional groups attached to an aromatic ring is 1. The number of aromatic nitrogens is 1. The average molecular weight is 267 g/mol. The lowest BCUT2D eigenvalue weighted by Crippen LogP contribution is -2.30. The summed E-state index contributed by atoms with van der Waals surface area (Å²) in [7, 11) is 1.70. The van der Waals surface area contributed by atoms with Gasteiger partial charge in [0.25, 0.3) is 0 Å². The number of methoxy groups -OCH3 is 1.